The van der Waals surface area contributed by atoms with Gasteiger partial charge in [0.1, 0.15) is 5.69 Å². The lowest BCUT2D eigenvalue weighted by Crippen LogP contribution is -2.33. The third kappa shape index (κ3) is 4.39. The van der Waals surface area contributed by atoms with Crippen molar-refractivity contribution < 1.29 is 4.79 Å². The first-order valence-electron chi connectivity index (χ1n) is 7.17. The van der Waals surface area contributed by atoms with Crippen molar-refractivity contribution in [3.05, 3.63) is 65.5 Å². The van der Waals surface area contributed by atoms with Crippen LogP contribution in [0.2, 0.25) is 0 Å². The molecule has 0 aliphatic rings. The number of nitrogens with zero attached hydrogens (tertiary/aromatic N) is 2. The summed E-state index contributed by atoms with van der Waals surface area (Å²) in [5.41, 5.74) is 8.02. The smallest absolute Gasteiger partial charge is 0.272 e. The van der Waals surface area contributed by atoms with E-state index in [9.17, 15) is 4.79 Å². The minimum Gasteiger partial charge on any atom is -0.333 e. The Hall–Kier alpha value is -2.20. The summed E-state index contributed by atoms with van der Waals surface area (Å²) in [6.45, 7) is 3.67. The van der Waals surface area contributed by atoms with Crippen molar-refractivity contribution in [1.82, 2.24) is 9.88 Å². The van der Waals surface area contributed by atoms with E-state index >= 15 is 0 Å². The number of pyridine rings is 1. The molecule has 0 unspecified atom stereocenters. The van der Waals surface area contributed by atoms with Crippen molar-refractivity contribution in [1.29, 1.82) is 0 Å². The van der Waals surface area contributed by atoms with E-state index < -0.39 is 0 Å². The average molecular weight is 283 g/mol. The lowest BCUT2D eigenvalue weighted by Gasteiger charge is -2.22. The SMILES string of the molecule is Cc1cccc(C(=O)N(CCCN)Cc2ccccc2)n1. The predicted octanol–water partition coefficient (Wildman–Crippen LogP) is 2.38. The molecule has 0 bridgehead atoms. The van der Waals surface area contributed by atoms with Gasteiger partial charge in [-0.05, 0) is 37.6 Å². The standard InChI is InChI=1S/C17H21N3O/c1-14-7-5-10-16(19-14)17(21)20(12-6-11-18)13-15-8-3-2-4-9-15/h2-5,7-10H,6,11-13,18H2,1H3. The zero-order chi connectivity index (χ0) is 15.1. The molecule has 0 atom stereocenters. The predicted molar refractivity (Wildman–Crippen MR) is 83.8 cm³/mol. The molecule has 0 saturated heterocycles. The van der Waals surface area contributed by atoms with Crippen molar-refractivity contribution in [3.63, 3.8) is 0 Å². The maximum Gasteiger partial charge on any atom is 0.272 e. The molecule has 0 aliphatic heterocycles. The number of carbonyl (C=O) groups excluding carboxylic acids is 1. The number of nitrogens with two attached hydrogens (primary N) is 1. The number of carbonyl (C=O) groups is 1. The van der Waals surface area contributed by atoms with Crippen LogP contribution in [0.15, 0.2) is 48.5 Å². The zero-order valence-corrected chi connectivity index (χ0v) is 12.3. The molecule has 4 nitrogen and oxygen atoms in total. The van der Waals surface area contributed by atoms with Gasteiger partial charge in [-0.15, -0.1) is 0 Å². The number of hydrogen-bond acceptors (Lipinski definition) is 3. The highest BCUT2D eigenvalue weighted by atomic mass is 16.2. The Morgan fingerprint density at radius 1 is 1.14 bits per heavy atom. The van der Waals surface area contributed by atoms with Gasteiger partial charge in [-0.2, -0.15) is 0 Å². The third-order valence-corrected chi connectivity index (χ3v) is 3.24. The first kappa shape index (κ1) is 15.2. The van der Waals surface area contributed by atoms with Gasteiger partial charge >= 0.3 is 0 Å². The molecular formula is C17H21N3O. The van der Waals surface area contributed by atoms with Crippen LogP contribution in [0.25, 0.3) is 0 Å². The Labute approximate surface area is 125 Å². The number of hydrogen-bond donors (Lipinski definition) is 1. The first-order chi connectivity index (χ1) is 10.2. The molecule has 110 valence electrons. The maximum absolute atomic E-state index is 12.6. The maximum atomic E-state index is 12.6. The van der Waals surface area contributed by atoms with Crippen molar-refractivity contribution >= 4 is 5.91 Å². The van der Waals surface area contributed by atoms with Gasteiger partial charge in [0.25, 0.3) is 5.91 Å². The molecule has 1 amide bonds. The number of aromatic nitrogens is 1. The van der Waals surface area contributed by atoms with Crippen molar-refractivity contribution in [2.45, 2.75) is 19.9 Å². The molecule has 0 aliphatic carbocycles. The summed E-state index contributed by atoms with van der Waals surface area (Å²) in [7, 11) is 0. The quantitative estimate of drug-likeness (QED) is 0.885. The van der Waals surface area contributed by atoms with Crippen LogP contribution in [0.1, 0.15) is 28.2 Å². The monoisotopic (exact) mass is 283 g/mol. The van der Waals surface area contributed by atoms with Crippen LogP contribution in [0.5, 0.6) is 0 Å². The summed E-state index contributed by atoms with van der Waals surface area (Å²) in [5.74, 6) is -0.0454. The lowest BCUT2D eigenvalue weighted by molar-refractivity contribution is 0.0736. The van der Waals surface area contributed by atoms with Crippen LogP contribution in [-0.2, 0) is 6.54 Å². The number of amides is 1. The summed E-state index contributed by atoms with van der Waals surface area (Å²) >= 11 is 0. The second-order valence-electron chi connectivity index (χ2n) is 5.02. The highest BCUT2D eigenvalue weighted by molar-refractivity contribution is 5.92. The third-order valence-electron chi connectivity index (χ3n) is 3.24. The van der Waals surface area contributed by atoms with Crippen LogP contribution in [0.4, 0.5) is 0 Å². The number of rotatable bonds is 6. The first-order valence-corrected chi connectivity index (χ1v) is 7.17. The second kappa shape index (κ2) is 7.55. The van der Waals surface area contributed by atoms with Crippen LogP contribution < -0.4 is 5.73 Å². The molecule has 0 saturated carbocycles. The minimum atomic E-state index is -0.0454. The van der Waals surface area contributed by atoms with E-state index in [1.807, 2.05) is 54.3 Å². The largest absolute Gasteiger partial charge is 0.333 e. The van der Waals surface area contributed by atoms with Gasteiger partial charge in [0, 0.05) is 18.8 Å². The van der Waals surface area contributed by atoms with E-state index in [-0.39, 0.29) is 5.91 Å². The van der Waals surface area contributed by atoms with Gasteiger partial charge in [0.15, 0.2) is 0 Å². The molecule has 0 fully saturated rings. The summed E-state index contributed by atoms with van der Waals surface area (Å²) in [4.78, 5) is 18.8. The molecule has 1 heterocycles. The van der Waals surface area contributed by atoms with Crippen LogP contribution >= 0.6 is 0 Å². The minimum absolute atomic E-state index is 0.0454. The van der Waals surface area contributed by atoms with Crippen molar-refractivity contribution in [3.8, 4) is 0 Å². The van der Waals surface area contributed by atoms with E-state index in [2.05, 4.69) is 4.98 Å². The highest BCUT2D eigenvalue weighted by Crippen LogP contribution is 2.10. The number of benzene rings is 1. The van der Waals surface area contributed by atoms with Gasteiger partial charge < -0.3 is 10.6 Å². The van der Waals surface area contributed by atoms with E-state index in [0.29, 0.717) is 25.3 Å². The van der Waals surface area contributed by atoms with Crippen LogP contribution in [-0.4, -0.2) is 28.9 Å². The van der Waals surface area contributed by atoms with Gasteiger partial charge in [-0.3, -0.25) is 4.79 Å². The molecule has 1 aromatic carbocycles. The zero-order valence-electron chi connectivity index (χ0n) is 12.3. The highest BCUT2D eigenvalue weighted by Gasteiger charge is 2.17. The Bertz CT molecular complexity index is 584. The molecule has 21 heavy (non-hydrogen) atoms. The molecule has 4 heteroatoms. The fourth-order valence-electron chi connectivity index (χ4n) is 2.16. The summed E-state index contributed by atoms with van der Waals surface area (Å²) in [6.07, 6.45) is 0.782. The van der Waals surface area contributed by atoms with Crippen molar-refractivity contribution in [2.24, 2.45) is 5.73 Å². The van der Waals surface area contributed by atoms with Crippen LogP contribution in [0.3, 0.4) is 0 Å². The van der Waals surface area contributed by atoms with Gasteiger partial charge in [-0.25, -0.2) is 4.98 Å². The van der Waals surface area contributed by atoms with Crippen molar-refractivity contribution in [2.75, 3.05) is 13.1 Å². The molecule has 0 radical (unpaired) electrons. The lowest BCUT2D eigenvalue weighted by atomic mass is 10.2. The molecular weight excluding hydrogens is 262 g/mol. The fraction of sp³-hybridized carbons (Fsp3) is 0.294. The van der Waals surface area contributed by atoms with Crippen LogP contribution in [0, 0.1) is 6.92 Å². The Kier molecular flexibility index (Phi) is 5.46. The van der Waals surface area contributed by atoms with E-state index in [0.717, 1.165) is 17.7 Å². The average Bonchev–Trinajstić information content (AvgIpc) is 2.51. The second-order valence-corrected chi connectivity index (χ2v) is 5.02. The van der Waals surface area contributed by atoms with Gasteiger partial charge in [-0.1, -0.05) is 36.4 Å². The Morgan fingerprint density at radius 3 is 2.57 bits per heavy atom. The Balaban J connectivity index is 2.17. The molecule has 2 N–H and O–H groups in total. The fourth-order valence-corrected chi connectivity index (χ4v) is 2.16. The molecule has 0 spiro atoms. The van der Waals surface area contributed by atoms with E-state index in [1.54, 1.807) is 6.07 Å². The molecule has 1 aromatic heterocycles. The summed E-state index contributed by atoms with van der Waals surface area (Å²) < 4.78 is 0. The summed E-state index contributed by atoms with van der Waals surface area (Å²) in [6, 6.07) is 15.5. The van der Waals surface area contributed by atoms with Gasteiger partial charge in [0.2, 0.25) is 0 Å². The number of aryl methyl sites for hydroxylation is 1. The summed E-state index contributed by atoms with van der Waals surface area (Å²) in [5, 5.41) is 0. The Morgan fingerprint density at radius 2 is 1.90 bits per heavy atom. The molecule has 2 aromatic rings. The van der Waals surface area contributed by atoms with E-state index in [4.69, 9.17) is 5.73 Å². The normalized spacial score (nSPS) is 10.4. The topological polar surface area (TPSA) is 59.2 Å². The molecule has 2 rings (SSSR count). The van der Waals surface area contributed by atoms with E-state index in [1.165, 1.54) is 0 Å². The van der Waals surface area contributed by atoms with Gasteiger partial charge in [0.05, 0.1) is 0 Å².